The molecule has 0 unspecified atom stereocenters. The Morgan fingerprint density at radius 3 is 2.38 bits per heavy atom. The first-order valence-corrected chi connectivity index (χ1v) is 9.20. The van der Waals surface area contributed by atoms with Crippen molar-refractivity contribution in [2.75, 3.05) is 10.6 Å². The van der Waals surface area contributed by atoms with E-state index in [0.29, 0.717) is 18.1 Å². The molecule has 0 spiro atoms. The largest absolute Gasteiger partial charge is 0.382 e. The Hall–Kier alpha value is -1.60. The molecule has 0 bridgehead atoms. The highest BCUT2D eigenvalue weighted by Crippen LogP contribution is 2.44. The second-order valence-electron chi connectivity index (χ2n) is 5.57. The van der Waals surface area contributed by atoms with Crippen molar-refractivity contribution >= 4 is 32.2 Å². The Kier molecular flexibility index (Phi) is 2.77. The Balaban J connectivity index is 1.75. The molecule has 1 fully saturated rings. The Labute approximate surface area is 127 Å². The molecule has 1 aromatic carbocycles. The summed E-state index contributed by atoms with van der Waals surface area (Å²) in [6.45, 7) is 1.43. The summed E-state index contributed by atoms with van der Waals surface area (Å²) < 4.78 is 29.3. The van der Waals surface area contributed by atoms with Gasteiger partial charge in [-0.25, -0.2) is 8.42 Å². The van der Waals surface area contributed by atoms with E-state index in [9.17, 15) is 8.42 Å². The Morgan fingerprint density at radius 2 is 1.81 bits per heavy atom. The van der Waals surface area contributed by atoms with Crippen LogP contribution in [0.4, 0.5) is 10.8 Å². The summed E-state index contributed by atoms with van der Waals surface area (Å²) in [4.78, 5) is 2.32. The van der Waals surface area contributed by atoms with Gasteiger partial charge in [0.25, 0.3) is 0 Å². The molecule has 1 aliphatic carbocycles. The smallest absolute Gasteiger partial charge is 0.187 e. The van der Waals surface area contributed by atoms with Crippen LogP contribution in [0.25, 0.3) is 0 Å². The fraction of sp³-hybridized carbons (Fsp3) is 0.357. The van der Waals surface area contributed by atoms with Crippen LogP contribution in [-0.4, -0.2) is 18.0 Å². The first-order chi connectivity index (χ1) is 10.1. The highest BCUT2D eigenvalue weighted by molar-refractivity contribution is 7.92. The first kappa shape index (κ1) is 13.1. The van der Waals surface area contributed by atoms with Crippen LogP contribution in [0.1, 0.15) is 24.0 Å². The summed E-state index contributed by atoms with van der Waals surface area (Å²) >= 11 is 1.19. The normalized spacial score (nSPS) is 18.0. The summed E-state index contributed by atoms with van der Waals surface area (Å²) in [6.07, 6.45) is 1.47. The first-order valence-electron chi connectivity index (χ1n) is 6.88. The van der Waals surface area contributed by atoms with Crippen LogP contribution in [-0.2, 0) is 22.9 Å². The van der Waals surface area contributed by atoms with Crippen molar-refractivity contribution in [3.8, 4) is 0 Å². The predicted octanol–water partition coefficient (Wildman–Crippen LogP) is 2.18. The fourth-order valence-corrected chi connectivity index (χ4v) is 5.80. The van der Waals surface area contributed by atoms with Crippen molar-refractivity contribution in [1.82, 2.24) is 4.37 Å². The molecule has 0 radical (unpaired) electrons. The number of rotatable bonds is 3. The van der Waals surface area contributed by atoms with E-state index >= 15 is 0 Å². The maximum Gasteiger partial charge on any atom is 0.187 e. The van der Waals surface area contributed by atoms with Gasteiger partial charge in [0.15, 0.2) is 15.7 Å². The molecule has 110 valence electrons. The van der Waals surface area contributed by atoms with Crippen molar-refractivity contribution in [2.24, 2.45) is 0 Å². The standard InChI is InChI=1S/C14H15N3O2S2/c15-13-12(21(18,19)11-5-6-11)14(20-16-13)17-7-9-3-1-2-4-10(9)8-17/h1-4,11H,5-8H2,(H2,15,16). The van der Waals surface area contributed by atoms with Crippen LogP contribution in [0.2, 0.25) is 0 Å². The lowest BCUT2D eigenvalue weighted by molar-refractivity contribution is 0.595. The summed E-state index contributed by atoms with van der Waals surface area (Å²) in [5, 5.41) is 0.426. The molecule has 5 nitrogen and oxygen atoms in total. The number of nitrogen functional groups attached to an aromatic ring is 1. The van der Waals surface area contributed by atoms with Crippen LogP contribution in [0, 0.1) is 0 Å². The van der Waals surface area contributed by atoms with Crippen LogP contribution >= 0.6 is 11.5 Å². The van der Waals surface area contributed by atoms with Gasteiger partial charge in [0.1, 0.15) is 9.90 Å². The summed E-state index contributed by atoms with van der Waals surface area (Å²) in [7, 11) is -3.33. The van der Waals surface area contributed by atoms with E-state index in [2.05, 4.69) is 21.4 Å². The van der Waals surface area contributed by atoms with E-state index in [1.165, 1.54) is 22.7 Å². The molecule has 7 heteroatoms. The number of fused-ring (bicyclic) bond motifs is 1. The molecule has 1 aliphatic heterocycles. The van der Waals surface area contributed by atoms with Gasteiger partial charge in [0.2, 0.25) is 0 Å². The van der Waals surface area contributed by atoms with Gasteiger partial charge in [-0.3, -0.25) is 0 Å². The number of aromatic nitrogens is 1. The minimum absolute atomic E-state index is 0.151. The summed E-state index contributed by atoms with van der Waals surface area (Å²) in [5.74, 6) is 0.151. The van der Waals surface area contributed by atoms with Crippen molar-refractivity contribution in [2.45, 2.75) is 36.1 Å². The average molecular weight is 321 g/mol. The molecule has 2 N–H and O–H groups in total. The van der Waals surface area contributed by atoms with Crippen LogP contribution in [0.3, 0.4) is 0 Å². The number of nitrogens with zero attached hydrogens (tertiary/aromatic N) is 2. The molecule has 2 aliphatic rings. The SMILES string of the molecule is Nc1nsc(N2Cc3ccccc3C2)c1S(=O)(=O)C1CC1. The van der Waals surface area contributed by atoms with Gasteiger partial charge in [0.05, 0.1) is 5.25 Å². The minimum Gasteiger partial charge on any atom is -0.382 e. The number of nitrogens with two attached hydrogens (primary N) is 1. The highest BCUT2D eigenvalue weighted by atomic mass is 32.2. The number of hydrogen-bond donors (Lipinski definition) is 1. The molecule has 4 rings (SSSR count). The van der Waals surface area contributed by atoms with Crippen LogP contribution in [0.5, 0.6) is 0 Å². The molecule has 2 heterocycles. The van der Waals surface area contributed by atoms with Gasteiger partial charge in [-0.1, -0.05) is 24.3 Å². The van der Waals surface area contributed by atoms with Crippen molar-refractivity contribution in [3.63, 3.8) is 0 Å². The Morgan fingerprint density at radius 1 is 1.19 bits per heavy atom. The number of hydrogen-bond acceptors (Lipinski definition) is 6. The number of sulfone groups is 1. The third-order valence-corrected chi connectivity index (χ3v) is 7.41. The lowest BCUT2D eigenvalue weighted by Gasteiger charge is -2.17. The third-order valence-electron chi connectivity index (χ3n) is 4.03. The quantitative estimate of drug-likeness (QED) is 0.937. The molecule has 0 amide bonds. The second-order valence-corrected chi connectivity index (χ2v) is 8.49. The maximum atomic E-state index is 12.6. The van der Waals surface area contributed by atoms with Gasteiger partial charge >= 0.3 is 0 Å². The topological polar surface area (TPSA) is 76.3 Å². The molecule has 1 saturated carbocycles. The average Bonchev–Trinajstić information content (AvgIpc) is 3.12. The Bertz CT molecular complexity index is 784. The van der Waals surface area contributed by atoms with Gasteiger partial charge in [0, 0.05) is 13.1 Å². The highest BCUT2D eigenvalue weighted by Gasteiger charge is 2.42. The van der Waals surface area contributed by atoms with E-state index in [4.69, 9.17) is 5.73 Å². The van der Waals surface area contributed by atoms with Crippen molar-refractivity contribution in [1.29, 1.82) is 0 Å². The zero-order chi connectivity index (χ0) is 14.6. The van der Waals surface area contributed by atoms with E-state index in [0.717, 1.165) is 12.8 Å². The zero-order valence-corrected chi connectivity index (χ0v) is 13.0. The molecule has 2 aromatic rings. The van der Waals surface area contributed by atoms with Gasteiger partial charge in [-0.05, 0) is 35.5 Å². The molecule has 0 atom stereocenters. The molecule has 1 aromatic heterocycles. The van der Waals surface area contributed by atoms with Crippen molar-refractivity contribution < 1.29 is 8.42 Å². The monoisotopic (exact) mass is 321 g/mol. The van der Waals surface area contributed by atoms with Gasteiger partial charge in [-0.2, -0.15) is 4.37 Å². The zero-order valence-electron chi connectivity index (χ0n) is 11.3. The van der Waals surface area contributed by atoms with E-state index in [1.807, 2.05) is 12.1 Å². The molecular formula is C14H15N3O2S2. The fourth-order valence-electron chi connectivity index (χ4n) is 2.78. The van der Waals surface area contributed by atoms with Crippen LogP contribution in [0.15, 0.2) is 29.2 Å². The van der Waals surface area contributed by atoms with E-state index < -0.39 is 9.84 Å². The number of benzene rings is 1. The van der Waals surface area contributed by atoms with E-state index in [-0.39, 0.29) is 16.0 Å². The van der Waals surface area contributed by atoms with Crippen molar-refractivity contribution in [3.05, 3.63) is 35.4 Å². The van der Waals surface area contributed by atoms with Gasteiger partial charge in [-0.15, -0.1) is 0 Å². The van der Waals surface area contributed by atoms with Gasteiger partial charge < -0.3 is 10.6 Å². The lowest BCUT2D eigenvalue weighted by atomic mass is 10.1. The van der Waals surface area contributed by atoms with Crippen LogP contribution < -0.4 is 10.6 Å². The maximum absolute atomic E-state index is 12.6. The molecule has 0 saturated heterocycles. The lowest BCUT2D eigenvalue weighted by Crippen LogP contribution is -2.18. The number of anilines is 2. The summed E-state index contributed by atoms with van der Waals surface area (Å²) in [5.41, 5.74) is 8.33. The second kappa shape index (κ2) is 4.45. The molecule has 21 heavy (non-hydrogen) atoms. The third kappa shape index (κ3) is 2.03. The predicted molar refractivity (Wildman–Crippen MR) is 83.1 cm³/mol. The minimum atomic E-state index is -3.33. The molecular weight excluding hydrogens is 306 g/mol. The summed E-state index contributed by atoms with van der Waals surface area (Å²) in [6, 6.07) is 8.17. The van der Waals surface area contributed by atoms with E-state index in [1.54, 1.807) is 0 Å².